The average molecular weight is 229 g/mol. The number of aromatic nitrogens is 2. The Bertz CT molecular complexity index is 290. The lowest BCUT2D eigenvalue weighted by Crippen LogP contribution is -2.36. The van der Waals surface area contributed by atoms with E-state index in [9.17, 15) is 0 Å². The summed E-state index contributed by atoms with van der Waals surface area (Å²) in [6.07, 6.45) is 6.50. The maximum atomic E-state index is 4.30. The van der Waals surface area contributed by atoms with Crippen molar-refractivity contribution in [3.63, 3.8) is 0 Å². The summed E-state index contributed by atoms with van der Waals surface area (Å²) in [6.45, 7) is 4.60. The van der Waals surface area contributed by atoms with Gasteiger partial charge in [-0.05, 0) is 34.2 Å². The molecule has 0 N–H and O–H groups in total. The van der Waals surface area contributed by atoms with Crippen LogP contribution in [0.5, 0.6) is 0 Å². The van der Waals surface area contributed by atoms with Crippen LogP contribution in [0.2, 0.25) is 0 Å². The maximum absolute atomic E-state index is 4.30. The van der Waals surface area contributed by atoms with E-state index in [-0.39, 0.29) is 0 Å². The highest BCUT2D eigenvalue weighted by atomic mass is 79.9. The molecule has 1 atom stereocenters. The van der Waals surface area contributed by atoms with Crippen molar-refractivity contribution in [1.29, 1.82) is 0 Å². The summed E-state index contributed by atoms with van der Waals surface area (Å²) in [5, 5.41) is 4.30. The Morgan fingerprint density at radius 3 is 2.75 bits per heavy atom. The minimum Gasteiger partial charge on any atom is -0.268 e. The summed E-state index contributed by atoms with van der Waals surface area (Å²) < 4.78 is 3.15. The van der Waals surface area contributed by atoms with Crippen LogP contribution in [-0.2, 0) is 0 Å². The fraction of sp³-hybridized carbons (Fsp3) is 0.667. The fourth-order valence-corrected chi connectivity index (χ4v) is 2.13. The predicted octanol–water partition coefficient (Wildman–Crippen LogP) is 3.01. The Hall–Kier alpha value is -0.310. The zero-order chi connectivity index (χ0) is 8.77. The van der Waals surface area contributed by atoms with E-state index in [1.165, 1.54) is 12.8 Å². The number of halogens is 1. The molecule has 0 spiro atoms. The summed E-state index contributed by atoms with van der Waals surface area (Å²) in [5.74, 6) is 0. The molecular formula is C9H13BrN2. The van der Waals surface area contributed by atoms with Gasteiger partial charge in [-0.1, -0.05) is 13.8 Å². The van der Waals surface area contributed by atoms with E-state index in [4.69, 9.17) is 0 Å². The van der Waals surface area contributed by atoms with Crippen LogP contribution in [-0.4, -0.2) is 9.78 Å². The Balaban J connectivity index is 2.21. The third kappa shape index (κ3) is 1.20. The van der Waals surface area contributed by atoms with Gasteiger partial charge in [0.1, 0.15) is 0 Å². The first-order valence-corrected chi connectivity index (χ1v) is 5.08. The van der Waals surface area contributed by atoms with Crippen molar-refractivity contribution >= 4 is 15.9 Å². The molecule has 1 aliphatic carbocycles. The van der Waals surface area contributed by atoms with Crippen molar-refractivity contribution in [3.8, 4) is 0 Å². The van der Waals surface area contributed by atoms with E-state index >= 15 is 0 Å². The van der Waals surface area contributed by atoms with Gasteiger partial charge in [0.2, 0.25) is 0 Å². The molecule has 3 heteroatoms. The molecule has 1 saturated carbocycles. The van der Waals surface area contributed by atoms with E-state index in [0.29, 0.717) is 11.5 Å². The van der Waals surface area contributed by atoms with Gasteiger partial charge in [-0.25, -0.2) is 0 Å². The molecule has 0 amide bonds. The highest BCUT2D eigenvalue weighted by Crippen LogP contribution is 2.48. The second kappa shape index (κ2) is 2.59. The van der Waals surface area contributed by atoms with Gasteiger partial charge in [-0.2, -0.15) is 5.10 Å². The van der Waals surface area contributed by atoms with Crippen LogP contribution in [0.1, 0.15) is 32.7 Å². The van der Waals surface area contributed by atoms with Crippen molar-refractivity contribution in [1.82, 2.24) is 9.78 Å². The third-order valence-corrected chi connectivity index (χ3v) is 3.26. The summed E-state index contributed by atoms with van der Waals surface area (Å²) in [6, 6.07) is 0.601. The minimum atomic E-state index is 0.436. The van der Waals surface area contributed by atoms with Gasteiger partial charge in [-0.3, -0.25) is 4.68 Å². The van der Waals surface area contributed by atoms with E-state index in [1.54, 1.807) is 0 Å². The van der Waals surface area contributed by atoms with Gasteiger partial charge in [0.05, 0.1) is 16.7 Å². The normalized spacial score (nSPS) is 26.8. The number of hydrogen-bond acceptors (Lipinski definition) is 1. The second-order valence-electron chi connectivity index (χ2n) is 4.18. The van der Waals surface area contributed by atoms with Crippen molar-refractivity contribution in [2.75, 3.05) is 0 Å². The quantitative estimate of drug-likeness (QED) is 0.723. The standard InChI is InChI=1S/C9H13BrN2/c1-9(2)4-3-8(9)12-6-7(10)5-11-12/h5-6,8H,3-4H2,1-2H3. The van der Waals surface area contributed by atoms with Crippen molar-refractivity contribution in [3.05, 3.63) is 16.9 Å². The Labute approximate surface area is 81.1 Å². The topological polar surface area (TPSA) is 17.8 Å². The van der Waals surface area contributed by atoms with E-state index in [1.807, 2.05) is 6.20 Å². The summed E-state index contributed by atoms with van der Waals surface area (Å²) in [4.78, 5) is 0. The molecule has 1 aromatic heterocycles. The molecular weight excluding hydrogens is 216 g/mol. The smallest absolute Gasteiger partial charge is 0.0632 e. The number of hydrogen-bond donors (Lipinski definition) is 0. The average Bonchev–Trinajstić information content (AvgIpc) is 2.34. The van der Waals surface area contributed by atoms with Crippen LogP contribution in [0.15, 0.2) is 16.9 Å². The third-order valence-electron chi connectivity index (χ3n) is 2.85. The fourth-order valence-electron chi connectivity index (χ4n) is 1.83. The molecule has 12 heavy (non-hydrogen) atoms. The highest BCUT2D eigenvalue weighted by Gasteiger charge is 2.40. The first-order valence-electron chi connectivity index (χ1n) is 4.29. The largest absolute Gasteiger partial charge is 0.268 e. The summed E-state index contributed by atoms with van der Waals surface area (Å²) in [7, 11) is 0. The molecule has 0 saturated heterocycles. The van der Waals surface area contributed by atoms with Gasteiger partial charge < -0.3 is 0 Å². The second-order valence-corrected chi connectivity index (χ2v) is 5.10. The van der Waals surface area contributed by atoms with Crippen LogP contribution < -0.4 is 0 Å². The first kappa shape index (κ1) is 8.30. The van der Waals surface area contributed by atoms with Gasteiger partial charge in [0.25, 0.3) is 0 Å². The molecule has 0 radical (unpaired) electrons. The predicted molar refractivity (Wildman–Crippen MR) is 52.0 cm³/mol. The van der Waals surface area contributed by atoms with Crippen molar-refractivity contribution in [2.45, 2.75) is 32.7 Å². The number of nitrogens with zero attached hydrogens (tertiary/aromatic N) is 2. The molecule has 2 nitrogen and oxygen atoms in total. The van der Waals surface area contributed by atoms with Crippen LogP contribution in [0.25, 0.3) is 0 Å². The minimum absolute atomic E-state index is 0.436. The molecule has 0 aliphatic heterocycles. The van der Waals surface area contributed by atoms with Crippen LogP contribution >= 0.6 is 15.9 Å². The molecule has 1 fully saturated rings. The van der Waals surface area contributed by atoms with Gasteiger partial charge >= 0.3 is 0 Å². The molecule has 1 heterocycles. The molecule has 66 valence electrons. The van der Waals surface area contributed by atoms with Gasteiger partial charge in [-0.15, -0.1) is 0 Å². The molecule has 1 unspecified atom stereocenters. The zero-order valence-corrected chi connectivity index (χ0v) is 9.00. The first-order chi connectivity index (χ1) is 5.59. The maximum Gasteiger partial charge on any atom is 0.0632 e. The van der Waals surface area contributed by atoms with Gasteiger partial charge in [0.15, 0.2) is 0 Å². The highest BCUT2D eigenvalue weighted by molar-refractivity contribution is 9.10. The van der Waals surface area contributed by atoms with Crippen molar-refractivity contribution < 1.29 is 0 Å². The zero-order valence-electron chi connectivity index (χ0n) is 7.42. The lowest BCUT2D eigenvalue weighted by Gasteiger charge is -2.44. The molecule has 1 aliphatic rings. The Morgan fingerprint density at radius 2 is 2.42 bits per heavy atom. The van der Waals surface area contributed by atoms with Crippen LogP contribution in [0, 0.1) is 5.41 Å². The van der Waals surface area contributed by atoms with Crippen molar-refractivity contribution in [2.24, 2.45) is 5.41 Å². The van der Waals surface area contributed by atoms with E-state index in [0.717, 1.165) is 4.47 Å². The molecule has 0 aromatic carbocycles. The number of rotatable bonds is 1. The monoisotopic (exact) mass is 228 g/mol. The lowest BCUT2D eigenvalue weighted by atomic mass is 9.67. The van der Waals surface area contributed by atoms with E-state index in [2.05, 4.69) is 45.8 Å². The van der Waals surface area contributed by atoms with E-state index < -0.39 is 0 Å². The molecule has 2 rings (SSSR count). The SMILES string of the molecule is CC1(C)CCC1n1cc(Br)cn1. The Morgan fingerprint density at radius 1 is 1.67 bits per heavy atom. The molecule has 1 aromatic rings. The Kier molecular flexibility index (Phi) is 1.79. The van der Waals surface area contributed by atoms with Crippen LogP contribution in [0.4, 0.5) is 0 Å². The lowest BCUT2D eigenvalue weighted by molar-refractivity contribution is 0.0715. The summed E-state index contributed by atoms with van der Waals surface area (Å²) in [5.41, 5.74) is 0.436. The summed E-state index contributed by atoms with van der Waals surface area (Å²) >= 11 is 3.41. The molecule has 0 bridgehead atoms. The van der Waals surface area contributed by atoms with Crippen LogP contribution in [0.3, 0.4) is 0 Å². The van der Waals surface area contributed by atoms with Gasteiger partial charge in [0, 0.05) is 6.20 Å².